The average molecular weight is 258 g/mol. The zero-order valence-corrected chi connectivity index (χ0v) is 11.0. The lowest BCUT2D eigenvalue weighted by molar-refractivity contribution is 0.416. The fourth-order valence-corrected chi connectivity index (χ4v) is 2.65. The van der Waals surface area contributed by atoms with Crippen LogP contribution in [0.25, 0.3) is 0 Å². The maximum atomic E-state index is 9.81. The van der Waals surface area contributed by atoms with Crippen molar-refractivity contribution in [3.8, 4) is 5.75 Å². The first kappa shape index (κ1) is 12.2. The molecule has 1 heterocycles. The van der Waals surface area contributed by atoms with Crippen LogP contribution in [0.1, 0.15) is 42.2 Å². The standard InChI is InChI=1S/C15H18N2O2/c1-2-10-8-17-15(19-10)9-16-13-7-6-12-11(13)4-3-5-14(12)18/h3-5,8,13,16,18H,2,6-7,9H2,1H3. The van der Waals surface area contributed by atoms with Crippen LogP contribution in [0.3, 0.4) is 0 Å². The summed E-state index contributed by atoms with van der Waals surface area (Å²) in [4.78, 5) is 4.24. The Balaban J connectivity index is 1.68. The highest BCUT2D eigenvalue weighted by Crippen LogP contribution is 2.36. The Morgan fingerprint density at radius 1 is 1.47 bits per heavy atom. The zero-order chi connectivity index (χ0) is 13.2. The molecule has 100 valence electrons. The van der Waals surface area contributed by atoms with Crippen molar-refractivity contribution in [2.24, 2.45) is 0 Å². The summed E-state index contributed by atoms with van der Waals surface area (Å²) in [6.07, 6.45) is 4.58. The summed E-state index contributed by atoms with van der Waals surface area (Å²) in [5.41, 5.74) is 2.27. The maximum absolute atomic E-state index is 9.81. The second-order valence-corrected chi connectivity index (χ2v) is 4.89. The Kier molecular flexibility index (Phi) is 3.25. The fraction of sp³-hybridized carbons (Fsp3) is 0.400. The van der Waals surface area contributed by atoms with Gasteiger partial charge in [-0.2, -0.15) is 0 Å². The molecule has 0 spiro atoms. The molecule has 3 rings (SSSR count). The summed E-state index contributed by atoms with van der Waals surface area (Å²) in [6, 6.07) is 6.00. The van der Waals surface area contributed by atoms with Gasteiger partial charge in [0.25, 0.3) is 0 Å². The van der Waals surface area contributed by atoms with Crippen LogP contribution in [-0.2, 0) is 19.4 Å². The number of rotatable bonds is 4. The molecular formula is C15H18N2O2. The third-order valence-electron chi connectivity index (χ3n) is 3.70. The van der Waals surface area contributed by atoms with E-state index in [1.54, 1.807) is 12.3 Å². The molecule has 0 saturated heterocycles. The number of benzene rings is 1. The van der Waals surface area contributed by atoms with E-state index >= 15 is 0 Å². The van der Waals surface area contributed by atoms with Crippen molar-refractivity contribution >= 4 is 0 Å². The van der Waals surface area contributed by atoms with Crippen LogP contribution in [0.4, 0.5) is 0 Å². The average Bonchev–Trinajstić information content (AvgIpc) is 3.03. The van der Waals surface area contributed by atoms with E-state index < -0.39 is 0 Å². The molecule has 1 aromatic carbocycles. The summed E-state index contributed by atoms with van der Waals surface area (Å²) in [7, 11) is 0. The van der Waals surface area contributed by atoms with Crippen molar-refractivity contribution in [3.05, 3.63) is 47.2 Å². The third kappa shape index (κ3) is 2.36. The first-order valence-corrected chi connectivity index (χ1v) is 6.75. The van der Waals surface area contributed by atoms with Crippen LogP contribution >= 0.6 is 0 Å². The Bertz CT molecular complexity index is 577. The molecular weight excluding hydrogens is 240 g/mol. The van der Waals surface area contributed by atoms with Gasteiger partial charge in [0.05, 0.1) is 12.7 Å². The number of nitrogens with one attached hydrogen (secondary N) is 1. The molecule has 0 saturated carbocycles. The topological polar surface area (TPSA) is 58.3 Å². The molecule has 0 radical (unpaired) electrons. The molecule has 0 amide bonds. The lowest BCUT2D eigenvalue weighted by atomic mass is 10.1. The molecule has 4 heteroatoms. The minimum Gasteiger partial charge on any atom is -0.508 e. The van der Waals surface area contributed by atoms with E-state index in [0.717, 1.165) is 36.5 Å². The van der Waals surface area contributed by atoms with Crippen LogP contribution in [0, 0.1) is 0 Å². The van der Waals surface area contributed by atoms with Crippen molar-refractivity contribution in [3.63, 3.8) is 0 Å². The number of phenols is 1. The van der Waals surface area contributed by atoms with E-state index in [0.29, 0.717) is 12.3 Å². The van der Waals surface area contributed by atoms with Crippen LogP contribution < -0.4 is 5.32 Å². The predicted molar refractivity (Wildman–Crippen MR) is 71.9 cm³/mol. The van der Waals surface area contributed by atoms with E-state index in [2.05, 4.69) is 16.4 Å². The lowest BCUT2D eigenvalue weighted by Gasteiger charge is -2.12. The molecule has 2 aromatic rings. The van der Waals surface area contributed by atoms with Crippen LogP contribution in [0.15, 0.2) is 28.8 Å². The number of aryl methyl sites for hydroxylation is 1. The van der Waals surface area contributed by atoms with Crippen molar-refractivity contribution in [2.75, 3.05) is 0 Å². The number of hydrogen-bond donors (Lipinski definition) is 2. The number of aromatic nitrogens is 1. The highest BCUT2D eigenvalue weighted by atomic mass is 16.4. The zero-order valence-electron chi connectivity index (χ0n) is 11.0. The smallest absolute Gasteiger partial charge is 0.208 e. The lowest BCUT2D eigenvalue weighted by Crippen LogP contribution is -2.18. The predicted octanol–water partition coefficient (Wildman–Crippen LogP) is 2.72. The van der Waals surface area contributed by atoms with E-state index in [1.807, 2.05) is 13.0 Å². The van der Waals surface area contributed by atoms with Crippen LogP contribution in [-0.4, -0.2) is 10.1 Å². The van der Waals surface area contributed by atoms with Crippen molar-refractivity contribution in [2.45, 2.75) is 38.8 Å². The first-order valence-electron chi connectivity index (χ1n) is 6.75. The van der Waals surface area contributed by atoms with E-state index in [4.69, 9.17) is 4.42 Å². The second kappa shape index (κ2) is 5.05. The summed E-state index contributed by atoms with van der Waals surface area (Å²) < 4.78 is 5.58. The van der Waals surface area contributed by atoms with Crippen molar-refractivity contribution in [1.29, 1.82) is 0 Å². The summed E-state index contributed by atoms with van der Waals surface area (Å²) >= 11 is 0. The normalized spacial score (nSPS) is 17.6. The molecule has 1 aliphatic carbocycles. The molecule has 0 aliphatic heterocycles. The largest absolute Gasteiger partial charge is 0.508 e. The highest BCUT2D eigenvalue weighted by Gasteiger charge is 2.24. The van der Waals surface area contributed by atoms with Gasteiger partial charge in [-0.25, -0.2) is 4.98 Å². The number of oxazole rings is 1. The summed E-state index contributed by atoms with van der Waals surface area (Å²) in [5.74, 6) is 2.05. The Labute approximate surface area is 112 Å². The van der Waals surface area contributed by atoms with Gasteiger partial charge < -0.3 is 14.8 Å². The number of aromatic hydroxyl groups is 1. The first-order chi connectivity index (χ1) is 9.28. The van der Waals surface area contributed by atoms with Gasteiger partial charge in [-0.15, -0.1) is 0 Å². The Morgan fingerprint density at radius 2 is 2.37 bits per heavy atom. The van der Waals surface area contributed by atoms with Gasteiger partial charge >= 0.3 is 0 Å². The molecule has 1 unspecified atom stereocenters. The number of nitrogens with zero attached hydrogens (tertiary/aromatic N) is 1. The van der Waals surface area contributed by atoms with Gasteiger partial charge in [0.1, 0.15) is 11.5 Å². The van der Waals surface area contributed by atoms with Gasteiger partial charge in [-0.3, -0.25) is 0 Å². The summed E-state index contributed by atoms with van der Waals surface area (Å²) in [6.45, 7) is 2.67. The van der Waals surface area contributed by atoms with Gasteiger partial charge in [0, 0.05) is 12.5 Å². The maximum Gasteiger partial charge on any atom is 0.208 e. The highest BCUT2D eigenvalue weighted by molar-refractivity contribution is 5.44. The molecule has 0 bridgehead atoms. The number of fused-ring (bicyclic) bond motifs is 1. The molecule has 4 nitrogen and oxygen atoms in total. The van der Waals surface area contributed by atoms with Crippen LogP contribution in [0.2, 0.25) is 0 Å². The minimum atomic E-state index is 0.277. The quantitative estimate of drug-likeness (QED) is 0.885. The SMILES string of the molecule is CCc1cnc(CNC2CCc3c(O)cccc32)o1. The molecule has 1 atom stereocenters. The minimum absolute atomic E-state index is 0.277. The second-order valence-electron chi connectivity index (χ2n) is 4.89. The number of phenolic OH excluding ortho intramolecular Hbond substituents is 1. The Morgan fingerprint density at radius 3 is 3.16 bits per heavy atom. The molecule has 1 aromatic heterocycles. The molecule has 2 N–H and O–H groups in total. The third-order valence-corrected chi connectivity index (χ3v) is 3.70. The van der Waals surface area contributed by atoms with Gasteiger partial charge in [-0.1, -0.05) is 19.1 Å². The van der Waals surface area contributed by atoms with E-state index in [1.165, 1.54) is 5.56 Å². The van der Waals surface area contributed by atoms with Gasteiger partial charge in [0.15, 0.2) is 0 Å². The van der Waals surface area contributed by atoms with Crippen molar-refractivity contribution in [1.82, 2.24) is 10.3 Å². The molecule has 1 aliphatic rings. The summed E-state index contributed by atoms with van der Waals surface area (Å²) in [5, 5.41) is 13.3. The Hall–Kier alpha value is -1.81. The van der Waals surface area contributed by atoms with E-state index in [-0.39, 0.29) is 6.04 Å². The molecule has 0 fully saturated rings. The fourth-order valence-electron chi connectivity index (χ4n) is 2.65. The van der Waals surface area contributed by atoms with Crippen LogP contribution in [0.5, 0.6) is 5.75 Å². The molecule has 19 heavy (non-hydrogen) atoms. The van der Waals surface area contributed by atoms with Crippen molar-refractivity contribution < 1.29 is 9.52 Å². The number of hydrogen-bond acceptors (Lipinski definition) is 4. The monoisotopic (exact) mass is 258 g/mol. The van der Waals surface area contributed by atoms with Gasteiger partial charge in [-0.05, 0) is 30.0 Å². The van der Waals surface area contributed by atoms with Gasteiger partial charge in [0.2, 0.25) is 5.89 Å². The van der Waals surface area contributed by atoms with E-state index in [9.17, 15) is 5.11 Å².